The van der Waals surface area contributed by atoms with Crippen LogP contribution in [0.1, 0.15) is 30.5 Å². The van der Waals surface area contributed by atoms with E-state index in [0.717, 1.165) is 18.5 Å². The Labute approximate surface area is 103 Å². The van der Waals surface area contributed by atoms with Crippen molar-refractivity contribution >= 4 is 0 Å². The second-order valence-corrected chi connectivity index (χ2v) is 4.13. The highest BCUT2D eigenvalue weighted by Gasteiger charge is 2.13. The van der Waals surface area contributed by atoms with E-state index in [1.807, 2.05) is 26.0 Å². The molecule has 0 aliphatic heterocycles. The number of allylic oxidation sites excluding steroid dienone is 1. The first-order valence-corrected chi connectivity index (χ1v) is 5.99. The number of rotatable bonds is 6. The van der Waals surface area contributed by atoms with Crippen molar-refractivity contribution in [3.8, 4) is 0 Å². The zero-order valence-corrected chi connectivity index (χ0v) is 10.5. The molecule has 0 aliphatic rings. The van der Waals surface area contributed by atoms with Crippen molar-refractivity contribution < 1.29 is 4.39 Å². The van der Waals surface area contributed by atoms with Crippen LogP contribution in [-0.4, -0.2) is 13.1 Å². The Morgan fingerprint density at radius 2 is 2.24 bits per heavy atom. The molecule has 0 amide bonds. The number of halogens is 1. The van der Waals surface area contributed by atoms with Crippen LogP contribution in [0.4, 0.5) is 4.39 Å². The fraction of sp³-hybridized carbons (Fsp3) is 0.429. The Morgan fingerprint density at radius 1 is 1.47 bits per heavy atom. The summed E-state index contributed by atoms with van der Waals surface area (Å²) in [4.78, 5) is 0. The molecule has 3 N–H and O–H groups in total. The van der Waals surface area contributed by atoms with Crippen LogP contribution in [-0.2, 0) is 0 Å². The topological polar surface area (TPSA) is 38.0 Å². The van der Waals surface area contributed by atoms with Gasteiger partial charge >= 0.3 is 0 Å². The van der Waals surface area contributed by atoms with E-state index in [2.05, 4.69) is 11.4 Å². The normalized spacial score (nSPS) is 13.2. The molecule has 1 atom stereocenters. The van der Waals surface area contributed by atoms with Gasteiger partial charge in [-0.1, -0.05) is 29.8 Å². The van der Waals surface area contributed by atoms with Gasteiger partial charge in [-0.25, -0.2) is 4.39 Å². The Balaban J connectivity index is 2.68. The van der Waals surface area contributed by atoms with Gasteiger partial charge in [0.25, 0.3) is 0 Å². The largest absolute Gasteiger partial charge is 0.329 e. The number of hydrogen-bond donors (Lipinski definition) is 2. The summed E-state index contributed by atoms with van der Waals surface area (Å²) in [5.41, 5.74) is 7.40. The van der Waals surface area contributed by atoms with Gasteiger partial charge < -0.3 is 11.1 Å². The molecule has 0 saturated carbocycles. The Kier molecular flexibility index (Phi) is 5.87. The fourth-order valence-corrected chi connectivity index (χ4v) is 1.76. The molecule has 1 unspecified atom stereocenters. The molecular weight excluding hydrogens is 215 g/mol. The molecular formula is C14H21FN2. The van der Waals surface area contributed by atoms with Crippen molar-refractivity contribution in [2.75, 3.05) is 13.1 Å². The Bertz CT molecular complexity index is 374. The van der Waals surface area contributed by atoms with E-state index in [9.17, 15) is 4.39 Å². The van der Waals surface area contributed by atoms with Gasteiger partial charge in [-0.3, -0.25) is 0 Å². The highest BCUT2D eigenvalue weighted by molar-refractivity contribution is 5.27. The van der Waals surface area contributed by atoms with Crippen molar-refractivity contribution in [2.24, 2.45) is 5.73 Å². The first-order valence-electron chi connectivity index (χ1n) is 5.99. The lowest BCUT2D eigenvalue weighted by molar-refractivity contribution is 0.510. The van der Waals surface area contributed by atoms with Gasteiger partial charge in [0.2, 0.25) is 0 Å². The molecule has 1 aromatic carbocycles. The van der Waals surface area contributed by atoms with E-state index in [1.54, 1.807) is 6.07 Å². The summed E-state index contributed by atoms with van der Waals surface area (Å²) in [6.45, 7) is 5.15. The van der Waals surface area contributed by atoms with Crippen LogP contribution in [0.25, 0.3) is 0 Å². The summed E-state index contributed by atoms with van der Waals surface area (Å²) in [5, 5.41) is 3.27. The number of aryl methyl sites for hydroxylation is 1. The lowest BCUT2D eigenvalue weighted by Crippen LogP contribution is -2.29. The Morgan fingerprint density at radius 3 is 2.88 bits per heavy atom. The highest BCUT2D eigenvalue weighted by Crippen LogP contribution is 2.17. The molecule has 0 fully saturated rings. The van der Waals surface area contributed by atoms with Crippen molar-refractivity contribution in [1.82, 2.24) is 5.32 Å². The summed E-state index contributed by atoms with van der Waals surface area (Å²) >= 11 is 0. The van der Waals surface area contributed by atoms with E-state index < -0.39 is 0 Å². The molecule has 3 heteroatoms. The van der Waals surface area contributed by atoms with Gasteiger partial charge in [-0.15, -0.1) is 0 Å². The molecule has 2 nitrogen and oxygen atoms in total. The van der Waals surface area contributed by atoms with E-state index in [-0.39, 0.29) is 11.9 Å². The maximum atomic E-state index is 13.7. The maximum absolute atomic E-state index is 13.7. The number of benzene rings is 1. The van der Waals surface area contributed by atoms with Gasteiger partial charge in [0, 0.05) is 18.2 Å². The first-order chi connectivity index (χ1) is 8.19. The second kappa shape index (κ2) is 7.20. The first kappa shape index (κ1) is 13.9. The van der Waals surface area contributed by atoms with Gasteiger partial charge in [-0.05, 0) is 32.9 Å². The van der Waals surface area contributed by atoms with Gasteiger partial charge in [-0.2, -0.15) is 0 Å². The van der Waals surface area contributed by atoms with E-state index in [0.29, 0.717) is 12.1 Å². The van der Waals surface area contributed by atoms with Crippen molar-refractivity contribution in [2.45, 2.75) is 26.3 Å². The van der Waals surface area contributed by atoms with Crippen LogP contribution < -0.4 is 11.1 Å². The molecule has 0 aliphatic carbocycles. The van der Waals surface area contributed by atoms with Crippen LogP contribution in [0.5, 0.6) is 0 Å². The molecule has 0 bridgehead atoms. The quantitative estimate of drug-likeness (QED) is 0.588. The minimum absolute atomic E-state index is 0.111. The molecule has 0 saturated heterocycles. The summed E-state index contributed by atoms with van der Waals surface area (Å²) < 4.78 is 13.7. The molecule has 0 radical (unpaired) electrons. The van der Waals surface area contributed by atoms with E-state index in [4.69, 9.17) is 5.73 Å². The number of nitrogens with two attached hydrogens (primary N) is 1. The van der Waals surface area contributed by atoms with Crippen LogP contribution in [0.2, 0.25) is 0 Å². The lowest BCUT2D eigenvalue weighted by atomic mass is 10.0. The third-order valence-corrected chi connectivity index (χ3v) is 2.70. The third kappa shape index (κ3) is 4.29. The SMILES string of the molecule is C/C=C/CCNC(CN)c1cc(C)ccc1F. The standard InChI is InChI=1S/C14H21FN2/c1-3-4-5-8-17-14(10-16)12-9-11(2)6-7-13(12)15/h3-4,6-7,9,14,17H,5,8,10,16H2,1-2H3/b4-3+. The highest BCUT2D eigenvalue weighted by atomic mass is 19.1. The predicted molar refractivity (Wildman–Crippen MR) is 70.4 cm³/mol. The average Bonchev–Trinajstić information content (AvgIpc) is 2.33. The predicted octanol–water partition coefficient (Wildman–Crippen LogP) is 2.69. The van der Waals surface area contributed by atoms with Gasteiger partial charge in [0.15, 0.2) is 0 Å². The zero-order valence-electron chi connectivity index (χ0n) is 10.5. The monoisotopic (exact) mass is 236 g/mol. The van der Waals surface area contributed by atoms with Crippen molar-refractivity contribution in [3.05, 3.63) is 47.3 Å². The van der Waals surface area contributed by atoms with Crippen LogP contribution >= 0.6 is 0 Å². The van der Waals surface area contributed by atoms with Crippen LogP contribution in [0.15, 0.2) is 30.4 Å². The summed E-state index contributed by atoms with van der Waals surface area (Å²) in [6.07, 6.45) is 5.01. The molecule has 0 heterocycles. The molecule has 17 heavy (non-hydrogen) atoms. The maximum Gasteiger partial charge on any atom is 0.128 e. The zero-order chi connectivity index (χ0) is 12.7. The third-order valence-electron chi connectivity index (χ3n) is 2.70. The van der Waals surface area contributed by atoms with Crippen LogP contribution in [0.3, 0.4) is 0 Å². The summed E-state index contributed by atoms with van der Waals surface area (Å²) in [5.74, 6) is -0.190. The van der Waals surface area contributed by atoms with Gasteiger partial charge in [0.05, 0.1) is 0 Å². The average molecular weight is 236 g/mol. The second-order valence-electron chi connectivity index (χ2n) is 4.13. The van der Waals surface area contributed by atoms with Crippen LogP contribution in [0, 0.1) is 12.7 Å². The molecule has 0 spiro atoms. The fourth-order valence-electron chi connectivity index (χ4n) is 1.76. The summed E-state index contributed by atoms with van der Waals surface area (Å²) in [7, 11) is 0. The molecule has 1 rings (SSSR count). The van der Waals surface area contributed by atoms with Crippen molar-refractivity contribution in [3.63, 3.8) is 0 Å². The lowest BCUT2D eigenvalue weighted by Gasteiger charge is -2.18. The van der Waals surface area contributed by atoms with E-state index in [1.165, 1.54) is 6.07 Å². The molecule has 94 valence electrons. The van der Waals surface area contributed by atoms with Gasteiger partial charge in [0.1, 0.15) is 5.82 Å². The van der Waals surface area contributed by atoms with E-state index >= 15 is 0 Å². The Hall–Kier alpha value is -1.19. The van der Waals surface area contributed by atoms with Crippen molar-refractivity contribution in [1.29, 1.82) is 0 Å². The molecule has 1 aromatic rings. The minimum Gasteiger partial charge on any atom is -0.329 e. The smallest absolute Gasteiger partial charge is 0.128 e. The number of hydrogen-bond acceptors (Lipinski definition) is 2. The summed E-state index contributed by atoms with van der Waals surface area (Å²) in [6, 6.07) is 5.02. The number of nitrogens with one attached hydrogen (secondary N) is 1. The molecule has 0 aromatic heterocycles. The minimum atomic E-state index is -0.190.